The van der Waals surface area contributed by atoms with Gasteiger partial charge >= 0.3 is 0 Å². The molecule has 2 fully saturated rings. The summed E-state index contributed by atoms with van der Waals surface area (Å²) in [5, 5.41) is 17.2. The third-order valence-electron chi connectivity index (χ3n) is 9.69. The summed E-state index contributed by atoms with van der Waals surface area (Å²) in [7, 11) is 2.16. The van der Waals surface area contributed by atoms with E-state index in [0.717, 1.165) is 19.3 Å². The molecule has 0 saturated heterocycles. The van der Waals surface area contributed by atoms with Crippen LogP contribution >= 0.6 is 0 Å². The van der Waals surface area contributed by atoms with Gasteiger partial charge in [0, 0.05) is 17.4 Å². The average Bonchev–Trinajstić information content (AvgIpc) is 3.58. The van der Waals surface area contributed by atoms with Gasteiger partial charge < -0.3 is 14.4 Å². The fourth-order valence-electron chi connectivity index (χ4n) is 8.11. The second-order valence-corrected chi connectivity index (χ2v) is 16.8. The second-order valence-electron chi connectivity index (χ2n) is 12.1. The van der Waals surface area contributed by atoms with Gasteiger partial charge in [-0.25, -0.2) is 0 Å². The van der Waals surface area contributed by atoms with E-state index >= 15 is 0 Å². The topological polar surface area (TPSA) is 75.8 Å². The van der Waals surface area contributed by atoms with Gasteiger partial charge in [-0.2, -0.15) is 0 Å². The molecule has 1 N–H and O–H groups in total. The molecule has 2 aromatic rings. The number of benzene rings is 1. The number of aromatic nitrogens is 1. The lowest BCUT2D eigenvalue weighted by Crippen LogP contribution is -2.48. The van der Waals surface area contributed by atoms with Crippen LogP contribution in [0.4, 0.5) is 0 Å². The van der Waals surface area contributed by atoms with Gasteiger partial charge in [-0.05, 0) is 55.4 Å². The Balaban J connectivity index is 1.41. The van der Waals surface area contributed by atoms with E-state index in [1.54, 1.807) is 0 Å². The minimum atomic E-state index is -1.86. The van der Waals surface area contributed by atoms with E-state index in [1.807, 2.05) is 14.1 Å². The highest BCUT2D eigenvalue weighted by atomic mass is 28.3. The number of hydrogen-bond donors (Lipinski definition) is 1. The zero-order chi connectivity index (χ0) is 26.1. The molecule has 0 aliphatic heterocycles. The highest BCUT2D eigenvalue weighted by Gasteiger charge is 2.63. The summed E-state index contributed by atoms with van der Waals surface area (Å²) in [5.74, 6) is 1.79. The van der Waals surface area contributed by atoms with Gasteiger partial charge in [0.05, 0.1) is 20.7 Å². The molecule has 2 saturated carbocycles. The number of fused-ring (bicyclic) bond motifs is 7. The molecule has 0 spiro atoms. The van der Waals surface area contributed by atoms with Crippen LogP contribution in [0.2, 0.25) is 18.6 Å². The average molecular weight is 519 g/mol. The van der Waals surface area contributed by atoms with Crippen LogP contribution in [-0.4, -0.2) is 49.7 Å². The Kier molecular flexibility index (Phi) is 5.99. The standard InChI is InChI=1S/C30H38N2O4Si/c1-6-7-15-35-30-24-27(34)23-21(25(32(2)3)28(24)36-31-30)16-20-18-13-14-19(22(20)26(23)33)29(18)37(4,5)17-11-9-8-10-12-17/h8-14,18-22,25,29,34H,6-7,15-16H2,1-5H3/t18-,19+,20+,21-,22-,25-,29?/m1/s1. The number of aliphatic hydroxyl groups is 1. The molecule has 1 unspecified atom stereocenters. The normalized spacial score (nSPS) is 32.1. The van der Waals surface area contributed by atoms with Gasteiger partial charge in [0.25, 0.3) is 5.88 Å². The van der Waals surface area contributed by atoms with Crippen LogP contribution < -0.4 is 9.92 Å². The van der Waals surface area contributed by atoms with E-state index in [1.165, 1.54) is 5.19 Å². The van der Waals surface area contributed by atoms with Gasteiger partial charge in [0.2, 0.25) is 0 Å². The third-order valence-corrected chi connectivity index (χ3v) is 14.0. The molecule has 37 heavy (non-hydrogen) atoms. The fraction of sp³-hybridized carbons (Fsp3) is 0.533. The SMILES string of the molecule is CCCCOc1noc2c1C(O)=C1C(=O)[C@H]3[C@@H](C[C@H]1[C@H]2N(C)C)[C@H]1C=C[C@@H]3C1[Si](C)(C)c1ccccc1. The molecule has 7 atom stereocenters. The summed E-state index contributed by atoms with van der Waals surface area (Å²) < 4.78 is 11.7. The molecular weight excluding hydrogens is 480 g/mol. The van der Waals surface area contributed by atoms with Crippen LogP contribution in [0.15, 0.2) is 52.6 Å². The van der Waals surface area contributed by atoms with Crippen molar-refractivity contribution in [2.24, 2.45) is 29.6 Å². The van der Waals surface area contributed by atoms with Crippen molar-refractivity contribution in [3.8, 4) is 5.88 Å². The van der Waals surface area contributed by atoms with Crippen LogP contribution in [0.25, 0.3) is 5.76 Å². The molecule has 0 radical (unpaired) electrons. The van der Waals surface area contributed by atoms with Gasteiger partial charge in [-0.15, -0.1) is 0 Å². The number of ketones is 1. The van der Waals surface area contributed by atoms with Gasteiger partial charge in [-0.3, -0.25) is 9.69 Å². The zero-order valence-electron chi connectivity index (χ0n) is 22.5. The summed E-state index contributed by atoms with van der Waals surface area (Å²) in [6.07, 6.45) is 7.48. The number of aliphatic hydroxyl groups excluding tert-OH is 1. The van der Waals surface area contributed by atoms with E-state index in [0.29, 0.717) is 40.8 Å². The largest absolute Gasteiger partial charge is 0.507 e. The maximum Gasteiger partial charge on any atom is 0.265 e. The van der Waals surface area contributed by atoms with E-state index < -0.39 is 8.07 Å². The lowest BCUT2D eigenvalue weighted by Gasteiger charge is -2.43. The van der Waals surface area contributed by atoms with Crippen molar-refractivity contribution in [1.29, 1.82) is 0 Å². The van der Waals surface area contributed by atoms with Crippen LogP contribution in [0, 0.1) is 29.6 Å². The van der Waals surface area contributed by atoms with Gasteiger partial charge in [0.1, 0.15) is 11.3 Å². The predicted octanol–water partition coefficient (Wildman–Crippen LogP) is 5.36. The van der Waals surface area contributed by atoms with Crippen molar-refractivity contribution in [2.45, 2.75) is 50.9 Å². The smallest absolute Gasteiger partial charge is 0.265 e. The van der Waals surface area contributed by atoms with Crippen molar-refractivity contribution < 1.29 is 19.2 Å². The third kappa shape index (κ3) is 3.53. The maximum absolute atomic E-state index is 14.4. The summed E-state index contributed by atoms with van der Waals surface area (Å²) in [5.41, 5.74) is 1.53. The first-order valence-electron chi connectivity index (χ1n) is 13.8. The summed E-state index contributed by atoms with van der Waals surface area (Å²) in [4.78, 5) is 16.5. The number of unbranched alkanes of at least 4 members (excludes halogenated alkanes) is 1. The molecule has 2 bridgehead atoms. The zero-order valence-corrected chi connectivity index (χ0v) is 23.5. The Morgan fingerprint density at radius 2 is 1.89 bits per heavy atom. The van der Waals surface area contributed by atoms with E-state index in [2.05, 4.69) is 72.6 Å². The Morgan fingerprint density at radius 1 is 1.16 bits per heavy atom. The molecule has 196 valence electrons. The number of carbonyl (C=O) groups excluding carboxylic acids is 1. The lowest BCUT2D eigenvalue weighted by atomic mass is 9.62. The number of ether oxygens (including phenoxy) is 1. The summed E-state index contributed by atoms with van der Waals surface area (Å²) in [6.45, 7) is 7.54. The molecule has 6 nitrogen and oxygen atoms in total. The first-order valence-corrected chi connectivity index (χ1v) is 16.8. The van der Waals surface area contributed by atoms with E-state index in [9.17, 15) is 9.90 Å². The van der Waals surface area contributed by atoms with E-state index in [4.69, 9.17) is 9.26 Å². The fourth-order valence-corrected chi connectivity index (χ4v) is 12.1. The Hall–Kier alpha value is -2.64. The Morgan fingerprint density at radius 3 is 2.59 bits per heavy atom. The molecule has 0 amide bonds. The first kappa shape index (κ1) is 24.7. The number of hydrogen-bond acceptors (Lipinski definition) is 6. The lowest BCUT2D eigenvalue weighted by molar-refractivity contribution is -0.124. The predicted molar refractivity (Wildman–Crippen MR) is 146 cm³/mol. The monoisotopic (exact) mass is 518 g/mol. The van der Waals surface area contributed by atoms with Crippen LogP contribution in [0.5, 0.6) is 5.88 Å². The van der Waals surface area contributed by atoms with Crippen LogP contribution in [0.1, 0.15) is 43.6 Å². The highest BCUT2D eigenvalue weighted by molar-refractivity contribution is 6.91. The molecular formula is C30H38N2O4Si. The maximum atomic E-state index is 14.4. The van der Waals surface area contributed by atoms with Crippen molar-refractivity contribution in [3.05, 3.63) is 59.4 Å². The molecule has 6 rings (SSSR count). The first-order chi connectivity index (χ1) is 17.8. The van der Waals surface area contributed by atoms with Crippen LogP contribution in [-0.2, 0) is 4.79 Å². The van der Waals surface area contributed by atoms with Crippen molar-refractivity contribution >= 4 is 24.8 Å². The van der Waals surface area contributed by atoms with Crippen molar-refractivity contribution in [2.75, 3.05) is 20.7 Å². The van der Waals surface area contributed by atoms with Crippen molar-refractivity contribution in [3.63, 3.8) is 0 Å². The Labute approximate surface area is 220 Å². The van der Waals surface area contributed by atoms with E-state index in [-0.39, 0.29) is 41.3 Å². The molecule has 7 heteroatoms. The number of carbonyl (C=O) groups is 1. The van der Waals surface area contributed by atoms with Gasteiger partial charge in [-0.1, -0.05) is 74.1 Å². The number of allylic oxidation sites excluding steroid dienone is 2. The Bertz CT molecular complexity index is 1260. The minimum Gasteiger partial charge on any atom is -0.507 e. The second kappa shape index (κ2) is 8.98. The molecule has 1 aromatic heterocycles. The molecule has 4 aliphatic carbocycles. The highest BCUT2D eigenvalue weighted by Crippen LogP contribution is 2.65. The van der Waals surface area contributed by atoms with Gasteiger partial charge in [0.15, 0.2) is 11.5 Å². The number of rotatable bonds is 7. The molecule has 1 aromatic carbocycles. The number of Topliss-reactive ketones (excluding diaryl/α,β-unsaturated/α-hetero) is 1. The summed E-state index contributed by atoms with van der Waals surface area (Å²) >= 11 is 0. The summed E-state index contributed by atoms with van der Waals surface area (Å²) in [6, 6.07) is 10.7. The van der Waals surface area contributed by atoms with Crippen LogP contribution in [0.3, 0.4) is 0 Å². The van der Waals surface area contributed by atoms with Crippen molar-refractivity contribution in [1.82, 2.24) is 10.1 Å². The molecule has 1 heterocycles. The number of nitrogens with zero attached hydrogens (tertiary/aromatic N) is 2. The minimum absolute atomic E-state index is 0.0252. The quantitative estimate of drug-likeness (QED) is 0.302. The molecule has 4 aliphatic rings.